The molecule has 1 N–H and O–H groups in total. The molecule has 3 rings (SSSR count). The molecule has 31 heavy (non-hydrogen) atoms. The van der Waals surface area contributed by atoms with E-state index >= 15 is 0 Å². The molecule has 1 aromatic heterocycles. The molecule has 0 aliphatic carbocycles. The average Bonchev–Trinajstić information content (AvgIpc) is 3.06. The Morgan fingerprint density at radius 1 is 1.13 bits per heavy atom. The Morgan fingerprint density at radius 2 is 1.84 bits per heavy atom. The zero-order valence-electron chi connectivity index (χ0n) is 18.2. The van der Waals surface area contributed by atoms with E-state index in [4.69, 9.17) is 4.74 Å². The Hall–Kier alpha value is -3.78. The van der Waals surface area contributed by atoms with E-state index < -0.39 is 0 Å². The summed E-state index contributed by atoms with van der Waals surface area (Å²) in [6.07, 6.45) is 2.38. The second-order valence-corrected chi connectivity index (χ2v) is 7.25. The smallest absolute Gasteiger partial charge is 0.261 e. The summed E-state index contributed by atoms with van der Waals surface area (Å²) in [5.74, 6) is 0.470. The summed E-state index contributed by atoms with van der Waals surface area (Å²) >= 11 is 0. The van der Waals surface area contributed by atoms with Crippen LogP contribution in [0.1, 0.15) is 29.4 Å². The molecule has 5 nitrogen and oxygen atoms in total. The molecule has 0 spiro atoms. The Kier molecular flexibility index (Phi) is 7.29. The molecule has 3 aromatic rings. The lowest BCUT2D eigenvalue weighted by Gasteiger charge is -2.11. The number of rotatable bonds is 8. The molecule has 1 heterocycles. The van der Waals surface area contributed by atoms with E-state index in [-0.39, 0.29) is 11.5 Å². The summed E-state index contributed by atoms with van der Waals surface area (Å²) in [5, 5.41) is 12.4. The van der Waals surface area contributed by atoms with Crippen molar-refractivity contribution >= 4 is 12.0 Å². The fourth-order valence-corrected chi connectivity index (χ4v) is 3.55. The minimum Gasteiger partial charge on any atom is -0.494 e. The standard InChI is InChI=1S/C26H27N3O2/c1-4-31-25-12-10-24(11-13-25)29-19(2)16-22(20(29)3)17-23(18-27)26(30)28-15-14-21-8-6-5-7-9-21/h5-13,16-17H,4,14-15H2,1-3H3,(H,28,30)/b23-17-. The highest BCUT2D eigenvalue weighted by Gasteiger charge is 2.13. The molecule has 0 saturated heterocycles. The van der Waals surface area contributed by atoms with Gasteiger partial charge in [-0.3, -0.25) is 4.79 Å². The van der Waals surface area contributed by atoms with Crippen LogP contribution in [0.2, 0.25) is 0 Å². The summed E-state index contributed by atoms with van der Waals surface area (Å²) in [5.41, 5.74) is 5.08. The number of aryl methyl sites for hydroxylation is 1. The predicted octanol–water partition coefficient (Wildman–Crippen LogP) is 4.76. The van der Waals surface area contributed by atoms with Crippen LogP contribution in [0.4, 0.5) is 0 Å². The number of hydrogen-bond acceptors (Lipinski definition) is 3. The summed E-state index contributed by atoms with van der Waals surface area (Å²) in [7, 11) is 0. The summed E-state index contributed by atoms with van der Waals surface area (Å²) in [6.45, 7) is 7.05. The Labute approximate surface area is 183 Å². The molecular weight excluding hydrogens is 386 g/mol. The van der Waals surface area contributed by atoms with Crippen LogP contribution < -0.4 is 10.1 Å². The van der Waals surface area contributed by atoms with Crippen molar-refractivity contribution < 1.29 is 9.53 Å². The van der Waals surface area contributed by atoms with Gasteiger partial charge >= 0.3 is 0 Å². The van der Waals surface area contributed by atoms with Crippen molar-refractivity contribution in [3.8, 4) is 17.5 Å². The first-order valence-corrected chi connectivity index (χ1v) is 10.4. The molecule has 5 heteroatoms. The van der Waals surface area contributed by atoms with E-state index in [2.05, 4.69) is 9.88 Å². The van der Waals surface area contributed by atoms with Crippen LogP contribution in [-0.4, -0.2) is 23.6 Å². The van der Waals surface area contributed by atoms with E-state index in [0.717, 1.165) is 40.4 Å². The van der Waals surface area contributed by atoms with Gasteiger partial charge in [-0.15, -0.1) is 0 Å². The fraction of sp³-hybridized carbons (Fsp3) is 0.231. The topological polar surface area (TPSA) is 67.0 Å². The highest BCUT2D eigenvalue weighted by atomic mass is 16.5. The Bertz CT molecular complexity index is 1100. The van der Waals surface area contributed by atoms with Crippen LogP contribution >= 0.6 is 0 Å². The average molecular weight is 414 g/mol. The van der Waals surface area contributed by atoms with Crippen LogP contribution in [0, 0.1) is 25.2 Å². The van der Waals surface area contributed by atoms with Crippen LogP contribution in [0.5, 0.6) is 5.75 Å². The van der Waals surface area contributed by atoms with Gasteiger partial charge in [0.1, 0.15) is 17.4 Å². The SMILES string of the molecule is CCOc1ccc(-n2c(C)cc(/C=C(/C#N)C(=O)NCCc3ccccc3)c2C)cc1. The van der Waals surface area contributed by atoms with E-state index in [1.54, 1.807) is 6.08 Å². The van der Waals surface area contributed by atoms with Crippen molar-refractivity contribution in [2.24, 2.45) is 0 Å². The Morgan fingerprint density at radius 3 is 2.48 bits per heavy atom. The van der Waals surface area contributed by atoms with Gasteiger partial charge in [-0.05, 0) is 74.7 Å². The number of nitrogens with one attached hydrogen (secondary N) is 1. The normalized spacial score (nSPS) is 11.1. The zero-order chi connectivity index (χ0) is 22.2. The van der Waals surface area contributed by atoms with Gasteiger partial charge in [-0.1, -0.05) is 30.3 Å². The first-order valence-electron chi connectivity index (χ1n) is 10.4. The number of ether oxygens (including phenoxy) is 1. The molecule has 0 aliphatic heterocycles. The largest absolute Gasteiger partial charge is 0.494 e. The number of hydrogen-bond donors (Lipinski definition) is 1. The number of nitriles is 1. The zero-order valence-corrected chi connectivity index (χ0v) is 18.2. The predicted molar refractivity (Wildman–Crippen MR) is 123 cm³/mol. The van der Waals surface area contributed by atoms with Crippen LogP contribution in [0.25, 0.3) is 11.8 Å². The van der Waals surface area contributed by atoms with Gasteiger partial charge in [0.15, 0.2) is 0 Å². The maximum Gasteiger partial charge on any atom is 0.261 e. The van der Waals surface area contributed by atoms with E-state index in [1.165, 1.54) is 0 Å². The quantitative estimate of drug-likeness (QED) is 0.428. The summed E-state index contributed by atoms with van der Waals surface area (Å²) < 4.78 is 7.62. The molecule has 0 saturated carbocycles. The minimum atomic E-state index is -0.357. The molecule has 1 amide bonds. The molecule has 0 aliphatic rings. The molecular formula is C26H27N3O2. The van der Waals surface area contributed by atoms with Crippen molar-refractivity contribution in [1.29, 1.82) is 5.26 Å². The molecule has 0 bridgehead atoms. The van der Waals surface area contributed by atoms with Crippen molar-refractivity contribution in [2.45, 2.75) is 27.2 Å². The van der Waals surface area contributed by atoms with Crippen molar-refractivity contribution in [3.05, 3.63) is 88.8 Å². The molecule has 158 valence electrons. The number of carbonyl (C=O) groups is 1. The van der Waals surface area contributed by atoms with Crippen LogP contribution in [0.3, 0.4) is 0 Å². The molecule has 0 radical (unpaired) electrons. The lowest BCUT2D eigenvalue weighted by Crippen LogP contribution is -2.26. The van der Waals surface area contributed by atoms with Crippen molar-refractivity contribution in [1.82, 2.24) is 9.88 Å². The summed E-state index contributed by atoms with van der Waals surface area (Å²) in [6, 6.07) is 21.8. The third-order valence-electron chi connectivity index (χ3n) is 5.08. The van der Waals surface area contributed by atoms with Crippen molar-refractivity contribution in [2.75, 3.05) is 13.2 Å². The first-order chi connectivity index (χ1) is 15.0. The lowest BCUT2D eigenvalue weighted by atomic mass is 10.1. The van der Waals surface area contributed by atoms with E-state index in [9.17, 15) is 10.1 Å². The van der Waals surface area contributed by atoms with E-state index in [1.807, 2.05) is 87.5 Å². The molecule has 0 atom stereocenters. The molecule has 0 fully saturated rings. The summed E-state index contributed by atoms with van der Waals surface area (Å²) in [4.78, 5) is 12.5. The number of benzene rings is 2. The fourth-order valence-electron chi connectivity index (χ4n) is 3.55. The van der Waals surface area contributed by atoms with Crippen molar-refractivity contribution in [3.63, 3.8) is 0 Å². The second kappa shape index (κ2) is 10.3. The second-order valence-electron chi connectivity index (χ2n) is 7.25. The maximum absolute atomic E-state index is 12.5. The minimum absolute atomic E-state index is 0.0972. The molecule has 0 unspecified atom stereocenters. The number of aromatic nitrogens is 1. The number of nitrogens with zero attached hydrogens (tertiary/aromatic N) is 2. The Balaban J connectivity index is 1.75. The highest BCUT2D eigenvalue weighted by molar-refractivity contribution is 6.01. The van der Waals surface area contributed by atoms with Gasteiger partial charge in [-0.25, -0.2) is 0 Å². The van der Waals surface area contributed by atoms with Gasteiger partial charge in [-0.2, -0.15) is 5.26 Å². The maximum atomic E-state index is 12.5. The van der Waals surface area contributed by atoms with Gasteiger partial charge < -0.3 is 14.6 Å². The lowest BCUT2D eigenvalue weighted by molar-refractivity contribution is -0.117. The van der Waals surface area contributed by atoms with Crippen LogP contribution in [-0.2, 0) is 11.2 Å². The highest BCUT2D eigenvalue weighted by Crippen LogP contribution is 2.24. The third kappa shape index (κ3) is 5.43. The molecule has 2 aromatic carbocycles. The number of carbonyl (C=O) groups excluding carboxylic acids is 1. The third-order valence-corrected chi connectivity index (χ3v) is 5.08. The van der Waals surface area contributed by atoms with Crippen LogP contribution in [0.15, 0.2) is 66.2 Å². The van der Waals surface area contributed by atoms with E-state index in [0.29, 0.717) is 13.2 Å². The van der Waals surface area contributed by atoms with Gasteiger partial charge in [0.2, 0.25) is 0 Å². The van der Waals surface area contributed by atoms with Gasteiger partial charge in [0.25, 0.3) is 5.91 Å². The van der Waals surface area contributed by atoms with Gasteiger partial charge in [0.05, 0.1) is 6.61 Å². The van der Waals surface area contributed by atoms with Gasteiger partial charge in [0, 0.05) is 23.6 Å². The number of amides is 1. The monoisotopic (exact) mass is 413 g/mol. The first kappa shape index (κ1) is 21.9.